The standard InChI is InChI=1S/C12H16N5O5P/c13-10-9-11(15-6-14-10)17(7-16-9)8-3-12(4-18,5-22-8)1-2-23(19,20)21/h1-2,6-8,18H,3-5H2,(H2,13,14,15)(H2,19,20,21)/b2-1+/t8-,12-/m1/s1. The van der Waals surface area contributed by atoms with Crippen LogP contribution in [0, 0.1) is 5.41 Å². The summed E-state index contributed by atoms with van der Waals surface area (Å²) in [6, 6.07) is 0. The molecule has 0 spiro atoms. The molecule has 1 fully saturated rings. The number of hydrogen-bond donors (Lipinski definition) is 4. The van der Waals surface area contributed by atoms with Gasteiger partial charge < -0.3 is 25.4 Å². The molecule has 11 heteroatoms. The monoisotopic (exact) mass is 341 g/mol. The highest BCUT2D eigenvalue weighted by Gasteiger charge is 2.40. The van der Waals surface area contributed by atoms with Gasteiger partial charge in [0.1, 0.15) is 18.1 Å². The summed E-state index contributed by atoms with van der Waals surface area (Å²) in [5, 5.41) is 9.63. The molecule has 3 heterocycles. The fourth-order valence-electron chi connectivity index (χ4n) is 2.52. The third kappa shape index (κ3) is 3.12. The number of nitrogens with zero attached hydrogens (tertiary/aromatic N) is 4. The summed E-state index contributed by atoms with van der Waals surface area (Å²) >= 11 is 0. The molecule has 0 bridgehead atoms. The second-order valence-corrected chi connectivity index (χ2v) is 6.95. The van der Waals surface area contributed by atoms with Gasteiger partial charge in [-0.25, -0.2) is 15.0 Å². The van der Waals surface area contributed by atoms with Gasteiger partial charge >= 0.3 is 7.60 Å². The van der Waals surface area contributed by atoms with Crippen molar-refractivity contribution in [1.82, 2.24) is 19.5 Å². The van der Waals surface area contributed by atoms with Gasteiger partial charge in [-0.3, -0.25) is 9.13 Å². The molecule has 10 nitrogen and oxygen atoms in total. The molecule has 0 saturated carbocycles. The zero-order valence-electron chi connectivity index (χ0n) is 12.0. The minimum absolute atomic E-state index is 0.116. The summed E-state index contributed by atoms with van der Waals surface area (Å²) in [5.41, 5.74) is 5.81. The van der Waals surface area contributed by atoms with E-state index < -0.39 is 19.2 Å². The van der Waals surface area contributed by atoms with Crippen LogP contribution in [0.2, 0.25) is 0 Å². The lowest BCUT2D eigenvalue weighted by molar-refractivity contribution is 0.0499. The number of anilines is 1. The van der Waals surface area contributed by atoms with Crippen LogP contribution in [0.3, 0.4) is 0 Å². The molecular weight excluding hydrogens is 325 g/mol. The Kier molecular flexibility index (Phi) is 3.95. The van der Waals surface area contributed by atoms with Crippen molar-refractivity contribution >= 4 is 24.6 Å². The summed E-state index contributed by atoms with van der Waals surface area (Å²) in [5.74, 6) is 1.04. The van der Waals surface area contributed by atoms with Crippen LogP contribution >= 0.6 is 7.60 Å². The number of ether oxygens (including phenoxy) is 1. The number of aliphatic hydroxyl groups is 1. The van der Waals surface area contributed by atoms with Gasteiger partial charge in [0, 0.05) is 17.7 Å². The number of imidazole rings is 1. The molecule has 1 saturated heterocycles. The third-order valence-corrected chi connectivity index (χ3v) is 4.32. The highest BCUT2D eigenvalue weighted by atomic mass is 31.2. The quantitative estimate of drug-likeness (QED) is 0.562. The molecule has 0 aliphatic carbocycles. The van der Waals surface area contributed by atoms with Crippen molar-refractivity contribution in [2.24, 2.45) is 5.41 Å². The molecule has 0 radical (unpaired) electrons. The Morgan fingerprint density at radius 1 is 1.48 bits per heavy atom. The van der Waals surface area contributed by atoms with Gasteiger partial charge in [-0.15, -0.1) is 0 Å². The Morgan fingerprint density at radius 2 is 2.26 bits per heavy atom. The third-order valence-electron chi connectivity index (χ3n) is 3.78. The second kappa shape index (κ2) is 5.66. The summed E-state index contributed by atoms with van der Waals surface area (Å²) in [6.45, 7) is -0.186. The summed E-state index contributed by atoms with van der Waals surface area (Å²) in [4.78, 5) is 30.1. The number of aliphatic hydroxyl groups excluding tert-OH is 1. The average molecular weight is 341 g/mol. The molecule has 5 N–H and O–H groups in total. The van der Waals surface area contributed by atoms with Crippen LogP contribution in [-0.4, -0.2) is 47.6 Å². The largest absolute Gasteiger partial charge is 0.395 e. The van der Waals surface area contributed by atoms with E-state index in [0.717, 1.165) is 5.82 Å². The molecule has 2 aromatic rings. The molecule has 0 aromatic carbocycles. The first-order chi connectivity index (χ1) is 10.8. The van der Waals surface area contributed by atoms with Crippen molar-refractivity contribution in [2.75, 3.05) is 18.9 Å². The smallest absolute Gasteiger partial charge is 0.348 e. The minimum atomic E-state index is -4.30. The van der Waals surface area contributed by atoms with Crippen LogP contribution < -0.4 is 5.73 Å². The zero-order chi connectivity index (χ0) is 16.7. The predicted octanol–water partition coefficient (Wildman–Crippen LogP) is -0.00250. The van der Waals surface area contributed by atoms with E-state index >= 15 is 0 Å². The van der Waals surface area contributed by atoms with E-state index in [2.05, 4.69) is 15.0 Å². The van der Waals surface area contributed by atoms with Gasteiger partial charge in [-0.1, -0.05) is 6.08 Å². The van der Waals surface area contributed by atoms with E-state index in [0.29, 0.717) is 17.6 Å². The van der Waals surface area contributed by atoms with Crippen molar-refractivity contribution in [2.45, 2.75) is 12.6 Å². The lowest BCUT2D eigenvalue weighted by atomic mass is 9.88. The average Bonchev–Trinajstić information content (AvgIpc) is 3.09. The van der Waals surface area contributed by atoms with Gasteiger partial charge in [0.15, 0.2) is 11.5 Å². The van der Waals surface area contributed by atoms with Gasteiger partial charge in [0.05, 0.1) is 19.5 Å². The molecular formula is C12H16N5O5P. The maximum absolute atomic E-state index is 11.0. The van der Waals surface area contributed by atoms with Crippen LogP contribution in [0.5, 0.6) is 0 Å². The Hall–Kier alpha value is -1.84. The normalized spacial score (nSPS) is 25.6. The molecule has 2 atom stereocenters. The Labute approximate surface area is 130 Å². The fourth-order valence-corrected chi connectivity index (χ4v) is 3.03. The number of hydrogen-bond acceptors (Lipinski definition) is 7. The van der Waals surface area contributed by atoms with Crippen LogP contribution in [0.15, 0.2) is 24.5 Å². The minimum Gasteiger partial charge on any atom is -0.395 e. The van der Waals surface area contributed by atoms with Crippen molar-refractivity contribution in [3.63, 3.8) is 0 Å². The van der Waals surface area contributed by atoms with Crippen molar-refractivity contribution < 1.29 is 24.2 Å². The molecule has 2 aromatic heterocycles. The number of nitrogen functional groups attached to an aromatic ring is 1. The van der Waals surface area contributed by atoms with Gasteiger partial charge in [-0.05, 0) is 0 Å². The first-order valence-electron chi connectivity index (χ1n) is 6.75. The number of rotatable bonds is 4. The predicted molar refractivity (Wildman–Crippen MR) is 80.0 cm³/mol. The molecule has 1 aliphatic rings. The maximum Gasteiger partial charge on any atom is 0.348 e. The van der Waals surface area contributed by atoms with Gasteiger partial charge in [0.25, 0.3) is 0 Å². The Morgan fingerprint density at radius 3 is 2.96 bits per heavy atom. The van der Waals surface area contributed by atoms with E-state index in [1.54, 1.807) is 4.57 Å². The van der Waals surface area contributed by atoms with Crippen molar-refractivity contribution in [3.05, 3.63) is 24.5 Å². The molecule has 0 unspecified atom stereocenters. The highest BCUT2D eigenvalue weighted by molar-refractivity contribution is 7.55. The van der Waals surface area contributed by atoms with Crippen LogP contribution in [0.1, 0.15) is 12.6 Å². The first kappa shape index (κ1) is 16.0. The summed E-state index contributed by atoms with van der Waals surface area (Å²) < 4.78 is 18.3. The fraction of sp³-hybridized carbons (Fsp3) is 0.417. The number of fused-ring (bicyclic) bond motifs is 1. The highest BCUT2D eigenvalue weighted by Crippen LogP contribution is 2.44. The molecule has 3 rings (SSSR count). The van der Waals surface area contributed by atoms with Crippen LogP contribution in [-0.2, 0) is 9.30 Å². The van der Waals surface area contributed by atoms with Gasteiger partial charge in [-0.2, -0.15) is 0 Å². The SMILES string of the molecule is Nc1ncnc2c1ncn2[C@H]1C[C@](/C=C/P(=O)(O)O)(CO)CO1. The zero-order valence-corrected chi connectivity index (χ0v) is 12.9. The Balaban J connectivity index is 1.90. The van der Waals surface area contributed by atoms with Crippen molar-refractivity contribution in [1.29, 1.82) is 0 Å². The topological polar surface area (TPSA) is 157 Å². The number of aromatic nitrogens is 4. The molecule has 0 amide bonds. The maximum atomic E-state index is 11.0. The first-order valence-corrected chi connectivity index (χ1v) is 8.43. The summed E-state index contributed by atoms with van der Waals surface area (Å²) in [7, 11) is -4.30. The molecule has 124 valence electrons. The van der Waals surface area contributed by atoms with Crippen molar-refractivity contribution in [3.8, 4) is 0 Å². The van der Waals surface area contributed by atoms with Crippen LogP contribution in [0.25, 0.3) is 11.2 Å². The van der Waals surface area contributed by atoms with E-state index in [4.69, 9.17) is 20.3 Å². The van der Waals surface area contributed by atoms with Crippen LogP contribution in [0.4, 0.5) is 5.82 Å². The van der Waals surface area contributed by atoms with E-state index in [1.807, 2.05) is 0 Å². The number of nitrogens with two attached hydrogens (primary N) is 1. The lowest BCUT2D eigenvalue weighted by Crippen LogP contribution is -2.23. The second-order valence-electron chi connectivity index (χ2n) is 5.48. The Bertz CT molecular complexity index is 802. The van der Waals surface area contributed by atoms with E-state index in [9.17, 15) is 9.67 Å². The lowest BCUT2D eigenvalue weighted by Gasteiger charge is -2.20. The van der Waals surface area contributed by atoms with E-state index in [-0.39, 0.29) is 19.0 Å². The molecule has 23 heavy (non-hydrogen) atoms. The van der Waals surface area contributed by atoms with Gasteiger partial charge in [0.2, 0.25) is 0 Å². The molecule has 1 aliphatic heterocycles. The summed E-state index contributed by atoms with van der Waals surface area (Å²) in [6.07, 6.45) is 3.98. The van der Waals surface area contributed by atoms with E-state index in [1.165, 1.54) is 18.7 Å².